The molecule has 0 radical (unpaired) electrons. The van der Waals surface area contributed by atoms with Gasteiger partial charge in [0.05, 0.1) is 24.2 Å². The summed E-state index contributed by atoms with van der Waals surface area (Å²) < 4.78 is 4.79. The molecular formula is C32H32N3+. The molecule has 0 atom stereocenters. The van der Waals surface area contributed by atoms with Crippen LogP contribution in [0.3, 0.4) is 0 Å². The van der Waals surface area contributed by atoms with Crippen LogP contribution in [-0.2, 0) is 7.05 Å². The van der Waals surface area contributed by atoms with Crippen molar-refractivity contribution in [2.45, 2.75) is 46.5 Å². The van der Waals surface area contributed by atoms with Gasteiger partial charge in [0.15, 0.2) is 11.0 Å². The van der Waals surface area contributed by atoms with Crippen molar-refractivity contribution in [2.75, 3.05) is 0 Å². The zero-order valence-electron chi connectivity index (χ0n) is 21.4. The number of hydrogen-bond acceptors (Lipinski definition) is 1. The summed E-state index contributed by atoms with van der Waals surface area (Å²) in [6, 6.07) is 28.1. The molecule has 5 aromatic rings. The average molecular weight is 459 g/mol. The van der Waals surface area contributed by atoms with Gasteiger partial charge in [-0.1, -0.05) is 70.2 Å². The van der Waals surface area contributed by atoms with E-state index >= 15 is 0 Å². The molecule has 0 aliphatic carbocycles. The second kappa shape index (κ2) is 8.71. The maximum atomic E-state index is 9.48. The van der Waals surface area contributed by atoms with Gasteiger partial charge >= 0.3 is 0 Å². The second-order valence-electron chi connectivity index (χ2n) is 10.1. The number of fused-ring (bicyclic) bond motifs is 2. The van der Waals surface area contributed by atoms with E-state index in [1.807, 2.05) is 18.2 Å². The number of aromatic nitrogens is 2. The lowest BCUT2D eigenvalue weighted by molar-refractivity contribution is -0.633. The molecule has 0 aliphatic heterocycles. The monoisotopic (exact) mass is 458 g/mol. The molecule has 0 bridgehead atoms. The number of aryl methyl sites for hydroxylation is 2. The van der Waals surface area contributed by atoms with Crippen LogP contribution in [0.5, 0.6) is 0 Å². The van der Waals surface area contributed by atoms with E-state index in [2.05, 4.69) is 111 Å². The predicted molar refractivity (Wildman–Crippen MR) is 145 cm³/mol. The maximum Gasteiger partial charge on any atom is 0.295 e. The minimum Gasteiger partial charge on any atom is -0.225 e. The summed E-state index contributed by atoms with van der Waals surface area (Å²) in [5.74, 6) is 1.93. The summed E-state index contributed by atoms with van der Waals surface area (Å²) in [6.45, 7) is 11.3. The molecule has 4 aromatic carbocycles. The molecule has 0 spiro atoms. The van der Waals surface area contributed by atoms with Crippen molar-refractivity contribution >= 4 is 21.8 Å². The van der Waals surface area contributed by atoms with Crippen LogP contribution >= 0.6 is 0 Å². The molecule has 1 aromatic heterocycles. The molecule has 5 rings (SSSR count). The third kappa shape index (κ3) is 3.70. The number of para-hydroxylation sites is 3. The first-order chi connectivity index (χ1) is 16.8. The number of benzene rings is 4. The van der Waals surface area contributed by atoms with Crippen molar-refractivity contribution in [2.24, 2.45) is 7.05 Å². The highest BCUT2D eigenvalue weighted by Crippen LogP contribution is 2.38. The first-order valence-corrected chi connectivity index (χ1v) is 12.4. The van der Waals surface area contributed by atoms with E-state index in [-0.39, 0.29) is 0 Å². The number of hydrogen-bond donors (Lipinski definition) is 0. The van der Waals surface area contributed by atoms with Crippen LogP contribution in [0.25, 0.3) is 38.9 Å². The van der Waals surface area contributed by atoms with E-state index < -0.39 is 0 Å². The predicted octanol–water partition coefficient (Wildman–Crippen LogP) is 7.70. The molecule has 3 nitrogen and oxygen atoms in total. The smallest absolute Gasteiger partial charge is 0.225 e. The maximum absolute atomic E-state index is 9.48. The molecule has 0 amide bonds. The fourth-order valence-corrected chi connectivity index (χ4v) is 5.33. The number of nitrogens with zero attached hydrogens (tertiary/aromatic N) is 3. The lowest BCUT2D eigenvalue weighted by atomic mass is 9.92. The quantitative estimate of drug-likeness (QED) is 0.254. The Hall–Kier alpha value is -3.90. The fraction of sp³-hybridized carbons (Fsp3) is 0.250. The Balaban J connectivity index is 1.96. The summed E-state index contributed by atoms with van der Waals surface area (Å²) in [4.78, 5) is 0. The Bertz CT molecular complexity index is 1600. The molecular weight excluding hydrogens is 426 g/mol. The largest absolute Gasteiger partial charge is 0.295 e. The Morgan fingerprint density at radius 2 is 1.49 bits per heavy atom. The van der Waals surface area contributed by atoms with Crippen LogP contribution in [0.1, 0.15) is 61.8 Å². The Morgan fingerprint density at radius 3 is 2.14 bits per heavy atom. The SMILES string of the molecule is Cc1cc2ccc(C#N)cc2cc1-c1n(-c2c(C(C)C)cccc2C(C)C)c2ccccc2[n+]1C. The van der Waals surface area contributed by atoms with Gasteiger partial charge in [0, 0.05) is 11.1 Å². The third-order valence-corrected chi connectivity index (χ3v) is 7.13. The van der Waals surface area contributed by atoms with Gasteiger partial charge in [0.2, 0.25) is 0 Å². The highest BCUT2D eigenvalue weighted by atomic mass is 15.2. The standard InChI is InChI=1S/C32H32N3/c1-20(2)26-10-9-11-27(21(3)4)31(26)35-30-13-8-7-12-29(30)34(6)32(35)28-18-25-17-23(19-33)14-15-24(25)16-22(28)5/h7-18,20-21H,1-6H3/q+1. The van der Waals surface area contributed by atoms with Crippen LogP contribution in [-0.4, -0.2) is 4.57 Å². The lowest BCUT2D eigenvalue weighted by Gasteiger charge is -2.18. The van der Waals surface area contributed by atoms with E-state index in [9.17, 15) is 5.26 Å². The zero-order chi connectivity index (χ0) is 24.9. The second-order valence-corrected chi connectivity index (χ2v) is 10.1. The van der Waals surface area contributed by atoms with Crippen LogP contribution in [0.15, 0.2) is 72.8 Å². The summed E-state index contributed by atoms with van der Waals surface area (Å²) >= 11 is 0. The van der Waals surface area contributed by atoms with Gasteiger partial charge in [-0.2, -0.15) is 9.83 Å². The molecule has 0 saturated heterocycles. The molecule has 0 N–H and O–H groups in total. The summed E-state index contributed by atoms with van der Waals surface area (Å²) in [7, 11) is 2.16. The van der Waals surface area contributed by atoms with Crippen LogP contribution in [0.4, 0.5) is 0 Å². The number of rotatable bonds is 4. The van der Waals surface area contributed by atoms with Gasteiger partial charge in [-0.3, -0.25) is 0 Å². The van der Waals surface area contributed by atoms with Crippen molar-refractivity contribution in [1.29, 1.82) is 5.26 Å². The molecule has 1 heterocycles. The summed E-state index contributed by atoms with van der Waals surface area (Å²) in [5, 5.41) is 11.7. The van der Waals surface area contributed by atoms with Gasteiger partial charge in [-0.05, 0) is 65.4 Å². The van der Waals surface area contributed by atoms with E-state index in [0.29, 0.717) is 17.4 Å². The molecule has 0 saturated carbocycles. The minimum absolute atomic E-state index is 0.388. The van der Waals surface area contributed by atoms with Crippen LogP contribution in [0, 0.1) is 18.3 Å². The van der Waals surface area contributed by atoms with Crippen LogP contribution in [0.2, 0.25) is 0 Å². The van der Waals surface area contributed by atoms with Crippen molar-refractivity contribution in [3.05, 3.63) is 95.1 Å². The van der Waals surface area contributed by atoms with Crippen molar-refractivity contribution in [1.82, 2.24) is 4.57 Å². The molecule has 0 fully saturated rings. The fourth-order valence-electron chi connectivity index (χ4n) is 5.33. The molecule has 35 heavy (non-hydrogen) atoms. The van der Waals surface area contributed by atoms with E-state index in [1.54, 1.807) is 0 Å². The summed E-state index contributed by atoms with van der Waals surface area (Å²) in [6.07, 6.45) is 0. The molecule has 174 valence electrons. The lowest BCUT2D eigenvalue weighted by Crippen LogP contribution is -2.30. The minimum atomic E-state index is 0.388. The van der Waals surface area contributed by atoms with Gasteiger partial charge in [0.25, 0.3) is 5.82 Å². The Labute approximate surface area is 207 Å². The molecule has 3 heteroatoms. The average Bonchev–Trinajstić information content (AvgIpc) is 3.14. The molecule has 0 unspecified atom stereocenters. The van der Waals surface area contributed by atoms with Gasteiger partial charge in [-0.15, -0.1) is 0 Å². The van der Waals surface area contributed by atoms with E-state index in [1.165, 1.54) is 39.0 Å². The van der Waals surface area contributed by atoms with Crippen molar-refractivity contribution < 1.29 is 4.57 Å². The van der Waals surface area contributed by atoms with E-state index in [0.717, 1.165) is 16.6 Å². The zero-order valence-corrected chi connectivity index (χ0v) is 21.4. The normalized spacial score (nSPS) is 11.6. The van der Waals surface area contributed by atoms with Gasteiger partial charge in [-0.25, -0.2) is 4.57 Å². The van der Waals surface area contributed by atoms with Crippen LogP contribution < -0.4 is 4.57 Å². The summed E-state index contributed by atoms with van der Waals surface area (Å²) in [5.41, 5.74) is 9.47. The third-order valence-electron chi connectivity index (χ3n) is 7.13. The highest BCUT2D eigenvalue weighted by molar-refractivity contribution is 5.90. The molecule has 0 aliphatic rings. The first-order valence-electron chi connectivity index (χ1n) is 12.4. The highest BCUT2D eigenvalue weighted by Gasteiger charge is 2.31. The topological polar surface area (TPSA) is 32.6 Å². The van der Waals surface area contributed by atoms with Gasteiger partial charge in [0.1, 0.15) is 5.69 Å². The first kappa shape index (κ1) is 22.9. The van der Waals surface area contributed by atoms with E-state index in [4.69, 9.17) is 0 Å². The number of nitriles is 1. The van der Waals surface area contributed by atoms with Crippen molar-refractivity contribution in [3.63, 3.8) is 0 Å². The Morgan fingerprint density at radius 1 is 0.800 bits per heavy atom. The Kier molecular flexibility index (Phi) is 5.69. The van der Waals surface area contributed by atoms with Crippen molar-refractivity contribution in [3.8, 4) is 23.1 Å². The van der Waals surface area contributed by atoms with Gasteiger partial charge < -0.3 is 0 Å². The number of imidazole rings is 1.